The molecule has 0 aliphatic carbocycles. The van der Waals surface area contributed by atoms with E-state index in [2.05, 4.69) is 5.32 Å². The minimum absolute atomic E-state index is 0.0105. The molecule has 13 heavy (non-hydrogen) atoms. The Kier molecular flexibility index (Phi) is 4.91. The number of nitrogens with one attached hydrogen (secondary N) is 1. The fourth-order valence-corrected chi connectivity index (χ4v) is 0.639. The number of hydrogen-bond donors (Lipinski definition) is 2. The highest BCUT2D eigenvalue weighted by Gasteiger charge is 2.13. The van der Waals surface area contributed by atoms with E-state index in [0.717, 1.165) is 0 Å². The number of carbonyl (C=O) groups excluding carboxylic acids is 3. The van der Waals surface area contributed by atoms with Gasteiger partial charge in [0.1, 0.15) is 11.6 Å². The highest BCUT2D eigenvalue weighted by atomic mass is 16.2. The maximum atomic E-state index is 11.0. The van der Waals surface area contributed by atoms with Crippen molar-refractivity contribution in [3.63, 3.8) is 0 Å². The molecule has 0 saturated heterocycles. The minimum Gasteiger partial charge on any atom is -0.349 e. The van der Waals surface area contributed by atoms with Gasteiger partial charge in [-0.15, -0.1) is 0 Å². The molecule has 0 saturated carbocycles. The van der Waals surface area contributed by atoms with Gasteiger partial charge in [0.25, 0.3) is 0 Å². The Morgan fingerprint density at radius 1 is 1.31 bits per heavy atom. The summed E-state index contributed by atoms with van der Waals surface area (Å²) in [5.74, 6) is -0.749. The first-order valence-corrected chi connectivity index (χ1v) is 3.95. The summed E-state index contributed by atoms with van der Waals surface area (Å²) in [5, 5.41) is 2.35. The molecule has 0 aromatic rings. The van der Waals surface area contributed by atoms with E-state index in [1.54, 1.807) is 0 Å². The van der Waals surface area contributed by atoms with Crippen molar-refractivity contribution in [1.82, 2.24) is 5.32 Å². The van der Waals surface area contributed by atoms with Crippen LogP contribution in [0.5, 0.6) is 0 Å². The molecule has 5 heteroatoms. The van der Waals surface area contributed by atoms with Crippen LogP contribution < -0.4 is 11.1 Å². The second kappa shape index (κ2) is 5.42. The second-order valence-corrected chi connectivity index (χ2v) is 2.90. The molecule has 0 unspecified atom stereocenters. The molecular formula is C8H14N2O3. The maximum Gasteiger partial charge on any atom is 0.222 e. The molecule has 0 spiro atoms. The summed E-state index contributed by atoms with van der Waals surface area (Å²) in [5.41, 5.74) is 5.33. The van der Waals surface area contributed by atoms with Crippen LogP contribution in [0.2, 0.25) is 0 Å². The number of rotatable bonds is 5. The van der Waals surface area contributed by atoms with Gasteiger partial charge >= 0.3 is 0 Å². The van der Waals surface area contributed by atoms with Crippen molar-refractivity contribution in [3.8, 4) is 0 Å². The molecule has 3 N–H and O–H groups in total. The third-order valence-corrected chi connectivity index (χ3v) is 1.46. The molecule has 1 amide bonds. The van der Waals surface area contributed by atoms with Crippen molar-refractivity contribution >= 4 is 17.5 Å². The number of hydrogen-bond acceptors (Lipinski definition) is 4. The van der Waals surface area contributed by atoms with E-state index < -0.39 is 6.04 Å². The van der Waals surface area contributed by atoms with Crippen LogP contribution in [0.25, 0.3) is 0 Å². The van der Waals surface area contributed by atoms with Gasteiger partial charge in [-0.05, 0) is 13.8 Å². The molecule has 0 fully saturated rings. The van der Waals surface area contributed by atoms with Crippen molar-refractivity contribution in [3.05, 3.63) is 0 Å². The van der Waals surface area contributed by atoms with Crippen molar-refractivity contribution in [1.29, 1.82) is 0 Å². The van der Waals surface area contributed by atoms with Crippen LogP contribution in [0.4, 0.5) is 0 Å². The lowest BCUT2D eigenvalue weighted by atomic mass is 10.1. The first kappa shape index (κ1) is 11.8. The Morgan fingerprint density at radius 2 is 1.85 bits per heavy atom. The molecule has 0 heterocycles. The maximum absolute atomic E-state index is 11.0. The quantitative estimate of drug-likeness (QED) is 0.576. The average Bonchev–Trinajstić information content (AvgIpc) is 2.00. The molecule has 0 rings (SSSR count). The normalized spacial score (nSPS) is 11.9. The predicted molar refractivity (Wildman–Crippen MR) is 47.0 cm³/mol. The van der Waals surface area contributed by atoms with Crippen molar-refractivity contribution in [2.24, 2.45) is 5.73 Å². The Labute approximate surface area is 76.7 Å². The highest BCUT2D eigenvalue weighted by molar-refractivity contribution is 5.89. The molecule has 1 atom stereocenters. The number of ketones is 2. The standard InChI is InChI=1S/C8H14N2O3/c1-5(11)4-10-8(13)3-7(9)6(2)12/h7H,3-4,9H2,1-2H3,(H,10,13)/t7-/m0/s1. The van der Waals surface area contributed by atoms with E-state index in [9.17, 15) is 14.4 Å². The van der Waals surface area contributed by atoms with E-state index in [0.29, 0.717) is 0 Å². The Bertz CT molecular complexity index is 225. The van der Waals surface area contributed by atoms with Crippen LogP contribution in [-0.4, -0.2) is 30.1 Å². The predicted octanol–water partition coefficient (Wildman–Crippen LogP) is -1.00. The largest absolute Gasteiger partial charge is 0.349 e. The zero-order valence-corrected chi connectivity index (χ0v) is 7.79. The first-order chi connectivity index (χ1) is 5.93. The van der Waals surface area contributed by atoms with E-state index in [-0.39, 0.29) is 30.4 Å². The van der Waals surface area contributed by atoms with Crippen LogP contribution in [-0.2, 0) is 14.4 Å². The number of amides is 1. The lowest BCUT2D eigenvalue weighted by Gasteiger charge is -2.06. The van der Waals surface area contributed by atoms with Crippen molar-refractivity contribution in [2.45, 2.75) is 26.3 Å². The number of Topliss-reactive ketones (excluding diaryl/α,β-unsaturated/α-hetero) is 2. The zero-order chi connectivity index (χ0) is 10.4. The fourth-order valence-electron chi connectivity index (χ4n) is 0.639. The molecule has 0 aliphatic rings. The summed E-state index contributed by atoms with van der Waals surface area (Å²) in [4.78, 5) is 32.1. The molecule has 0 bridgehead atoms. The molecule has 0 aliphatic heterocycles. The molecule has 74 valence electrons. The van der Waals surface area contributed by atoms with Gasteiger partial charge in [0.2, 0.25) is 5.91 Å². The zero-order valence-electron chi connectivity index (χ0n) is 7.79. The highest BCUT2D eigenvalue weighted by Crippen LogP contribution is 1.89. The van der Waals surface area contributed by atoms with E-state index in [1.165, 1.54) is 13.8 Å². The topological polar surface area (TPSA) is 89.3 Å². The molecule has 0 aromatic carbocycles. The van der Waals surface area contributed by atoms with Crippen molar-refractivity contribution < 1.29 is 14.4 Å². The SMILES string of the molecule is CC(=O)CNC(=O)C[C@H](N)C(C)=O. The van der Waals surface area contributed by atoms with Gasteiger partial charge in [-0.3, -0.25) is 14.4 Å². The fraction of sp³-hybridized carbons (Fsp3) is 0.625. The summed E-state index contributed by atoms with van der Waals surface area (Å²) in [6.45, 7) is 2.68. The van der Waals surface area contributed by atoms with E-state index >= 15 is 0 Å². The summed E-state index contributed by atoms with van der Waals surface area (Å²) >= 11 is 0. The van der Waals surface area contributed by atoms with Crippen LogP contribution >= 0.6 is 0 Å². The van der Waals surface area contributed by atoms with Gasteiger partial charge in [-0.1, -0.05) is 0 Å². The van der Waals surface area contributed by atoms with Crippen molar-refractivity contribution in [2.75, 3.05) is 6.54 Å². The number of nitrogens with two attached hydrogens (primary N) is 1. The minimum atomic E-state index is -0.771. The smallest absolute Gasteiger partial charge is 0.222 e. The van der Waals surface area contributed by atoms with Gasteiger partial charge in [0.05, 0.1) is 12.6 Å². The third-order valence-electron chi connectivity index (χ3n) is 1.46. The van der Waals surface area contributed by atoms with Gasteiger partial charge < -0.3 is 11.1 Å². The molecule has 0 radical (unpaired) electrons. The van der Waals surface area contributed by atoms with Crippen LogP contribution in [0.1, 0.15) is 20.3 Å². The lowest BCUT2D eigenvalue weighted by molar-refractivity contribution is -0.127. The Morgan fingerprint density at radius 3 is 2.23 bits per heavy atom. The van der Waals surface area contributed by atoms with E-state index in [1.807, 2.05) is 0 Å². The summed E-state index contributed by atoms with van der Waals surface area (Å²) < 4.78 is 0. The van der Waals surface area contributed by atoms with Crippen LogP contribution in [0.15, 0.2) is 0 Å². The molecule has 0 aromatic heterocycles. The summed E-state index contributed by atoms with van der Waals surface area (Å²) in [6, 6.07) is -0.771. The average molecular weight is 186 g/mol. The Balaban J connectivity index is 3.74. The van der Waals surface area contributed by atoms with E-state index in [4.69, 9.17) is 5.73 Å². The van der Waals surface area contributed by atoms with Crippen LogP contribution in [0, 0.1) is 0 Å². The van der Waals surface area contributed by atoms with Gasteiger partial charge in [0, 0.05) is 6.42 Å². The summed E-state index contributed by atoms with van der Waals surface area (Å²) in [6.07, 6.45) is -0.0669. The van der Waals surface area contributed by atoms with Gasteiger partial charge in [-0.2, -0.15) is 0 Å². The van der Waals surface area contributed by atoms with Gasteiger partial charge in [-0.25, -0.2) is 0 Å². The lowest BCUT2D eigenvalue weighted by Crippen LogP contribution is -2.37. The van der Waals surface area contributed by atoms with Gasteiger partial charge in [0.15, 0.2) is 0 Å². The second-order valence-electron chi connectivity index (χ2n) is 2.90. The third kappa shape index (κ3) is 5.98. The number of carbonyl (C=O) groups is 3. The van der Waals surface area contributed by atoms with Crippen LogP contribution in [0.3, 0.4) is 0 Å². The molecule has 5 nitrogen and oxygen atoms in total. The Hall–Kier alpha value is -1.23. The molecular weight excluding hydrogens is 172 g/mol. The summed E-state index contributed by atoms with van der Waals surface area (Å²) in [7, 11) is 0. The monoisotopic (exact) mass is 186 g/mol. The first-order valence-electron chi connectivity index (χ1n) is 3.95.